The highest BCUT2D eigenvalue weighted by molar-refractivity contribution is 9.10. The third-order valence-electron chi connectivity index (χ3n) is 6.65. The first-order valence-electron chi connectivity index (χ1n) is 12.0. The Labute approximate surface area is 216 Å². The number of rotatable bonds is 5. The van der Waals surface area contributed by atoms with Gasteiger partial charge in [0.05, 0.1) is 20.9 Å². The van der Waals surface area contributed by atoms with Crippen LogP contribution in [0.3, 0.4) is 0 Å². The van der Waals surface area contributed by atoms with E-state index in [1.807, 2.05) is 12.4 Å². The number of fused-ring (bicyclic) bond motifs is 1. The number of nitrogens with one attached hydrogen (secondary N) is 2. The number of H-pyrrole nitrogens is 1. The minimum atomic E-state index is 0.727. The number of anilines is 2. The van der Waals surface area contributed by atoms with E-state index in [0.717, 1.165) is 102 Å². The number of aromatic nitrogens is 5. The molecule has 2 N–H and O–H groups in total. The molecule has 0 spiro atoms. The summed E-state index contributed by atoms with van der Waals surface area (Å²) >= 11 is 5.47. The van der Waals surface area contributed by atoms with Crippen molar-refractivity contribution < 1.29 is 0 Å². The summed E-state index contributed by atoms with van der Waals surface area (Å²) in [6, 6.07) is 4.18. The van der Waals surface area contributed by atoms with Crippen LogP contribution in [-0.4, -0.2) is 82.2 Å². The van der Waals surface area contributed by atoms with Gasteiger partial charge in [0.2, 0.25) is 0 Å². The van der Waals surface area contributed by atoms with Gasteiger partial charge in [-0.2, -0.15) is 0 Å². The van der Waals surface area contributed by atoms with E-state index < -0.39 is 0 Å². The molecule has 0 radical (unpaired) electrons. The van der Waals surface area contributed by atoms with Gasteiger partial charge in [-0.05, 0) is 35.0 Å². The zero-order chi connectivity index (χ0) is 23.8. The number of aryl methyl sites for hydroxylation is 1. The Kier molecular flexibility index (Phi) is 6.40. The summed E-state index contributed by atoms with van der Waals surface area (Å²) in [5.74, 6) is 1.81. The number of imidazole rings is 1. The van der Waals surface area contributed by atoms with Gasteiger partial charge in [-0.15, -0.1) is 11.3 Å². The van der Waals surface area contributed by atoms with Crippen molar-refractivity contribution in [2.24, 2.45) is 0 Å². The van der Waals surface area contributed by atoms with Gasteiger partial charge in [0.15, 0.2) is 5.65 Å². The third kappa shape index (κ3) is 4.77. The van der Waals surface area contributed by atoms with E-state index in [4.69, 9.17) is 9.97 Å². The Morgan fingerprint density at radius 1 is 0.971 bits per heavy atom. The minimum Gasteiger partial charge on any atom is -0.366 e. The van der Waals surface area contributed by atoms with Gasteiger partial charge >= 0.3 is 0 Å². The monoisotopic (exact) mass is 553 g/mol. The second-order valence-electron chi connectivity index (χ2n) is 9.00. The molecule has 0 aromatic carbocycles. The summed E-state index contributed by atoms with van der Waals surface area (Å²) < 4.78 is 0.982. The molecule has 35 heavy (non-hydrogen) atoms. The van der Waals surface area contributed by atoms with Gasteiger partial charge < -0.3 is 20.1 Å². The minimum absolute atomic E-state index is 0.727. The first kappa shape index (κ1) is 22.8. The molecule has 0 atom stereocenters. The van der Waals surface area contributed by atoms with Gasteiger partial charge in [0, 0.05) is 82.2 Å². The molecule has 6 rings (SSSR count). The summed E-state index contributed by atoms with van der Waals surface area (Å²) in [7, 11) is 0. The SMILES string of the molecule is Cc1nc(CN2CCN(c3c(Br)cnc4nc(-c5ccc(N6CCNCC6)nc5)[nH]c34)CC2)cs1. The molecule has 182 valence electrons. The van der Waals surface area contributed by atoms with E-state index in [9.17, 15) is 0 Å². The van der Waals surface area contributed by atoms with Gasteiger partial charge in [-0.3, -0.25) is 4.90 Å². The van der Waals surface area contributed by atoms with Crippen LogP contribution < -0.4 is 15.1 Å². The lowest BCUT2D eigenvalue weighted by Crippen LogP contribution is -2.46. The summed E-state index contributed by atoms with van der Waals surface area (Å²) in [5.41, 5.74) is 4.95. The fraction of sp³-hybridized carbons (Fsp3) is 0.417. The topological polar surface area (TPSA) is 89.1 Å². The van der Waals surface area contributed by atoms with Crippen LogP contribution in [0.4, 0.5) is 11.5 Å². The highest BCUT2D eigenvalue weighted by Crippen LogP contribution is 2.34. The van der Waals surface area contributed by atoms with E-state index in [1.54, 1.807) is 11.3 Å². The van der Waals surface area contributed by atoms with E-state index in [0.29, 0.717) is 0 Å². The average Bonchev–Trinajstić information content (AvgIpc) is 3.51. The normalized spacial score (nSPS) is 17.4. The lowest BCUT2D eigenvalue weighted by atomic mass is 10.2. The zero-order valence-electron chi connectivity index (χ0n) is 19.7. The maximum atomic E-state index is 4.80. The Hall–Kier alpha value is -2.60. The quantitative estimate of drug-likeness (QED) is 0.389. The zero-order valence-corrected chi connectivity index (χ0v) is 22.1. The summed E-state index contributed by atoms with van der Waals surface area (Å²) in [5, 5.41) is 6.68. The third-order valence-corrected chi connectivity index (χ3v) is 8.05. The van der Waals surface area contributed by atoms with E-state index >= 15 is 0 Å². The van der Waals surface area contributed by atoms with Crippen LogP contribution in [0.15, 0.2) is 34.4 Å². The molecule has 4 aromatic rings. The van der Waals surface area contributed by atoms with Gasteiger partial charge in [0.25, 0.3) is 0 Å². The Morgan fingerprint density at radius 2 is 1.80 bits per heavy atom. The average molecular weight is 555 g/mol. The number of halogens is 1. The first-order valence-corrected chi connectivity index (χ1v) is 13.7. The van der Waals surface area contributed by atoms with Crippen LogP contribution in [0.5, 0.6) is 0 Å². The lowest BCUT2D eigenvalue weighted by Gasteiger charge is -2.36. The number of hydrogen-bond donors (Lipinski definition) is 2. The Balaban J connectivity index is 1.21. The van der Waals surface area contributed by atoms with Crippen molar-refractivity contribution in [3.05, 3.63) is 45.1 Å². The van der Waals surface area contributed by atoms with Gasteiger partial charge in [-0.1, -0.05) is 0 Å². The standard InChI is InChI=1S/C24H28BrN9S/c1-16-29-18(15-35-16)14-32-8-10-34(11-9-32)22-19(25)13-28-24-21(22)30-23(31-24)17-2-3-20(27-12-17)33-6-4-26-5-7-33/h2-3,12-13,15,26H,4-11,14H2,1H3,(H,28,30,31). The van der Waals surface area contributed by atoms with E-state index in [1.165, 1.54) is 5.69 Å². The summed E-state index contributed by atoms with van der Waals surface area (Å²) in [6.07, 6.45) is 3.77. The fourth-order valence-electron chi connectivity index (χ4n) is 4.81. The van der Waals surface area contributed by atoms with Crippen molar-refractivity contribution in [2.75, 3.05) is 62.2 Å². The van der Waals surface area contributed by atoms with Crippen molar-refractivity contribution >= 4 is 49.9 Å². The first-order chi connectivity index (χ1) is 17.1. The molecule has 0 aliphatic carbocycles. The number of nitrogens with zero attached hydrogens (tertiary/aromatic N) is 7. The fourth-order valence-corrected chi connectivity index (χ4v) is 5.97. The van der Waals surface area contributed by atoms with Gasteiger partial charge in [0.1, 0.15) is 17.2 Å². The second kappa shape index (κ2) is 9.81. The molecule has 4 aromatic heterocycles. The molecule has 2 aliphatic heterocycles. The predicted octanol–water partition coefficient (Wildman–Crippen LogP) is 3.28. The molecule has 2 saturated heterocycles. The van der Waals surface area contributed by atoms with E-state index in [2.05, 4.69) is 75.3 Å². The second-order valence-corrected chi connectivity index (χ2v) is 10.9. The lowest BCUT2D eigenvalue weighted by molar-refractivity contribution is 0.247. The highest BCUT2D eigenvalue weighted by Gasteiger charge is 2.23. The van der Waals surface area contributed by atoms with Crippen molar-refractivity contribution in [2.45, 2.75) is 13.5 Å². The van der Waals surface area contributed by atoms with Crippen molar-refractivity contribution in [3.8, 4) is 11.4 Å². The number of piperazine rings is 2. The van der Waals surface area contributed by atoms with E-state index in [-0.39, 0.29) is 0 Å². The number of hydrogen-bond acceptors (Lipinski definition) is 9. The van der Waals surface area contributed by atoms with Crippen LogP contribution in [0, 0.1) is 6.92 Å². The van der Waals surface area contributed by atoms with Crippen molar-refractivity contribution in [1.29, 1.82) is 0 Å². The number of thiazole rings is 1. The molecular weight excluding hydrogens is 526 g/mol. The molecule has 11 heteroatoms. The maximum Gasteiger partial charge on any atom is 0.180 e. The Morgan fingerprint density at radius 3 is 2.51 bits per heavy atom. The number of aromatic amines is 1. The molecule has 2 fully saturated rings. The largest absolute Gasteiger partial charge is 0.366 e. The van der Waals surface area contributed by atoms with Crippen molar-refractivity contribution in [3.63, 3.8) is 0 Å². The van der Waals surface area contributed by atoms with Crippen LogP contribution in [0.2, 0.25) is 0 Å². The molecule has 0 saturated carbocycles. The van der Waals surface area contributed by atoms with Crippen molar-refractivity contribution in [1.82, 2.24) is 35.1 Å². The molecular formula is C24H28BrN9S. The molecule has 6 heterocycles. The Bertz CT molecular complexity index is 1300. The van der Waals surface area contributed by atoms with Crippen LogP contribution >= 0.6 is 27.3 Å². The molecule has 2 aliphatic rings. The summed E-state index contributed by atoms with van der Waals surface area (Å²) in [4.78, 5) is 29.5. The predicted molar refractivity (Wildman–Crippen MR) is 144 cm³/mol. The molecule has 0 bridgehead atoms. The molecule has 0 amide bonds. The summed E-state index contributed by atoms with van der Waals surface area (Å²) in [6.45, 7) is 10.8. The smallest absolute Gasteiger partial charge is 0.180 e. The van der Waals surface area contributed by atoms with Crippen LogP contribution in [0.25, 0.3) is 22.6 Å². The molecule has 0 unspecified atom stereocenters. The van der Waals surface area contributed by atoms with Gasteiger partial charge in [-0.25, -0.2) is 19.9 Å². The highest BCUT2D eigenvalue weighted by atomic mass is 79.9. The van der Waals surface area contributed by atoms with Crippen LogP contribution in [-0.2, 0) is 6.54 Å². The maximum absolute atomic E-state index is 4.80. The van der Waals surface area contributed by atoms with Crippen LogP contribution in [0.1, 0.15) is 10.7 Å². The number of pyridine rings is 2. The molecule has 9 nitrogen and oxygen atoms in total.